The van der Waals surface area contributed by atoms with Crippen LogP contribution in [0, 0.1) is 6.92 Å². The second-order valence-corrected chi connectivity index (χ2v) is 4.56. The number of amides is 2. The third kappa shape index (κ3) is 4.13. The Hall–Kier alpha value is -2.70. The van der Waals surface area contributed by atoms with E-state index in [0.29, 0.717) is 12.3 Å². The first-order valence-corrected chi connectivity index (χ1v) is 6.48. The Morgan fingerprint density at radius 3 is 2.81 bits per heavy atom. The van der Waals surface area contributed by atoms with Crippen LogP contribution in [0.1, 0.15) is 28.9 Å². The maximum atomic E-state index is 11.9. The number of rotatable bonds is 5. The molecule has 0 radical (unpaired) electrons. The Balaban J connectivity index is 1.83. The number of aromatic nitrogens is 2. The summed E-state index contributed by atoms with van der Waals surface area (Å²) in [7, 11) is 0. The van der Waals surface area contributed by atoms with E-state index in [1.54, 1.807) is 26.1 Å². The molecule has 0 fully saturated rings. The maximum absolute atomic E-state index is 11.9. The monoisotopic (exact) mass is 288 g/mol. The van der Waals surface area contributed by atoms with Gasteiger partial charge in [-0.15, -0.1) is 0 Å². The molecule has 0 bridgehead atoms. The van der Waals surface area contributed by atoms with Gasteiger partial charge in [-0.1, -0.05) is 11.2 Å². The summed E-state index contributed by atoms with van der Waals surface area (Å²) in [5.41, 5.74) is 0.897. The molecule has 21 heavy (non-hydrogen) atoms. The fourth-order valence-corrected chi connectivity index (χ4v) is 1.64. The number of pyridine rings is 1. The first-order valence-electron chi connectivity index (χ1n) is 6.48. The van der Waals surface area contributed by atoms with Gasteiger partial charge in [-0.25, -0.2) is 0 Å². The van der Waals surface area contributed by atoms with E-state index in [9.17, 15) is 9.59 Å². The van der Waals surface area contributed by atoms with Crippen LogP contribution in [0.3, 0.4) is 0 Å². The minimum Gasteiger partial charge on any atom is -0.361 e. The normalized spacial score (nSPS) is 11.7. The van der Waals surface area contributed by atoms with Crippen molar-refractivity contribution in [2.75, 3.05) is 0 Å². The molecule has 7 nitrogen and oxygen atoms in total. The van der Waals surface area contributed by atoms with Gasteiger partial charge in [-0.2, -0.15) is 0 Å². The molecule has 0 saturated heterocycles. The molecule has 2 N–H and O–H groups in total. The lowest BCUT2D eigenvalue weighted by Crippen LogP contribution is -2.44. The molecule has 1 atom stereocenters. The van der Waals surface area contributed by atoms with E-state index in [4.69, 9.17) is 4.52 Å². The summed E-state index contributed by atoms with van der Waals surface area (Å²) in [4.78, 5) is 27.8. The van der Waals surface area contributed by atoms with Crippen molar-refractivity contribution in [2.24, 2.45) is 0 Å². The summed E-state index contributed by atoms with van der Waals surface area (Å²) in [5.74, 6) is -0.214. The van der Waals surface area contributed by atoms with E-state index in [-0.39, 0.29) is 11.6 Å². The zero-order valence-electron chi connectivity index (χ0n) is 11.8. The SMILES string of the molecule is Cc1cc(C(=O)N[C@@H](C)C(=O)NCc2ccccn2)no1. The largest absolute Gasteiger partial charge is 0.361 e. The summed E-state index contributed by atoms with van der Waals surface area (Å²) in [6.45, 7) is 3.59. The van der Waals surface area contributed by atoms with E-state index < -0.39 is 11.9 Å². The van der Waals surface area contributed by atoms with Crippen LogP contribution in [-0.2, 0) is 11.3 Å². The molecule has 0 saturated carbocycles. The fraction of sp³-hybridized carbons (Fsp3) is 0.286. The standard InChI is InChI=1S/C14H16N4O3/c1-9-7-12(18-21-9)14(20)17-10(2)13(19)16-8-11-5-3-4-6-15-11/h3-7,10H,8H2,1-2H3,(H,16,19)(H,17,20)/t10-/m0/s1. The van der Waals surface area contributed by atoms with Gasteiger partial charge in [0.2, 0.25) is 5.91 Å². The predicted molar refractivity (Wildman–Crippen MR) is 74.3 cm³/mol. The second-order valence-electron chi connectivity index (χ2n) is 4.56. The average Bonchev–Trinajstić information content (AvgIpc) is 2.92. The van der Waals surface area contributed by atoms with Crippen LogP contribution >= 0.6 is 0 Å². The Kier molecular flexibility index (Phi) is 4.65. The van der Waals surface area contributed by atoms with Crippen molar-refractivity contribution in [3.8, 4) is 0 Å². The molecule has 0 aliphatic heterocycles. The number of hydrogen-bond donors (Lipinski definition) is 2. The van der Waals surface area contributed by atoms with Gasteiger partial charge in [-0.3, -0.25) is 14.6 Å². The number of carbonyl (C=O) groups excluding carboxylic acids is 2. The highest BCUT2D eigenvalue weighted by molar-refractivity contribution is 5.95. The van der Waals surface area contributed by atoms with Crippen molar-refractivity contribution in [2.45, 2.75) is 26.4 Å². The Bertz CT molecular complexity index is 624. The van der Waals surface area contributed by atoms with E-state index in [1.807, 2.05) is 12.1 Å². The van der Waals surface area contributed by atoms with Gasteiger partial charge in [-0.05, 0) is 26.0 Å². The Morgan fingerprint density at radius 2 is 2.19 bits per heavy atom. The molecule has 2 heterocycles. The summed E-state index contributed by atoms with van der Waals surface area (Å²) >= 11 is 0. The van der Waals surface area contributed by atoms with Crippen molar-refractivity contribution in [1.82, 2.24) is 20.8 Å². The molecule has 0 unspecified atom stereocenters. The number of nitrogens with zero attached hydrogens (tertiary/aromatic N) is 2. The molecule has 2 aromatic heterocycles. The van der Waals surface area contributed by atoms with Crippen LogP contribution in [0.2, 0.25) is 0 Å². The van der Waals surface area contributed by atoms with Crippen LogP contribution < -0.4 is 10.6 Å². The number of nitrogens with one attached hydrogen (secondary N) is 2. The third-order valence-corrected chi connectivity index (χ3v) is 2.77. The summed E-state index contributed by atoms with van der Waals surface area (Å²) in [6.07, 6.45) is 1.65. The highest BCUT2D eigenvalue weighted by atomic mass is 16.5. The molecule has 2 aromatic rings. The molecule has 0 aromatic carbocycles. The molecular weight excluding hydrogens is 272 g/mol. The predicted octanol–water partition coefficient (Wildman–Crippen LogP) is 0.813. The smallest absolute Gasteiger partial charge is 0.274 e. The summed E-state index contributed by atoms with van der Waals surface area (Å²) < 4.78 is 4.81. The van der Waals surface area contributed by atoms with Gasteiger partial charge in [0.25, 0.3) is 5.91 Å². The molecular formula is C14H16N4O3. The molecule has 2 rings (SSSR count). The number of carbonyl (C=O) groups is 2. The first kappa shape index (κ1) is 14.7. The van der Waals surface area contributed by atoms with E-state index in [0.717, 1.165) is 5.69 Å². The van der Waals surface area contributed by atoms with E-state index in [2.05, 4.69) is 20.8 Å². The van der Waals surface area contributed by atoms with Gasteiger partial charge in [0.1, 0.15) is 11.8 Å². The highest BCUT2D eigenvalue weighted by Gasteiger charge is 2.18. The minimum atomic E-state index is -0.682. The van der Waals surface area contributed by atoms with Gasteiger partial charge in [0.15, 0.2) is 5.69 Å². The molecule has 0 spiro atoms. The van der Waals surface area contributed by atoms with E-state index in [1.165, 1.54) is 6.07 Å². The lowest BCUT2D eigenvalue weighted by Gasteiger charge is -2.12. The van der Waals surface area contributed by atoms with Gasteiger partial charge in [0.05, 0.1) is 12.2 Å². The van der Waals surface area contributed by atoms with Crippen molar-refractivity contribution in [3.63, 3.8) is 0 Å². The summed E-state index contributed by atoms with van der Waals surface area (Å²) in [6, 6.07) is 6.27. The molecule has 2 amide bonds. The minimum absolute atomic E-state index is 0.150. The van der Waals surface area contributed by atoms with Crippen LogP contribution in [0.4, 0.5) is 0 Å². The lowest BCUT2D eigenvalue weighted by atomic mass is 10.2. The van der Waals surface area contributed by atoms with Crippen molar-refractivity contribution in [1.29, 1.82) is 0 Å². The highest BCUT2D eigenvalue weighted by Crippen LogP contribution is 2.01. The van der Waals surface area contributed by atoms with Crippen LogP contribution in [0.5, 0.6) is 0 Å². The zero-order chi connectivity index (χ0) is 15.2. The fourth-order valence-electron chi connectivity index (χ4n) is 1.64. The quantitative estimate of drug-likeness (QED) is 0.848. The Labute approximate surface area is 121 Å². The third-order valence-electron chi connectivity index (χ3n) is 2.77. The van der Waals surface area contributed by atoms with Gasteiger partial charge in [0, 0.05) is 12.3 Å². The van der Waals surface area contributed by atoms with Crippen LogP contribution in [-0.4, -0.2) is 28.0 Å². The van der Waals surface area contributed by atoms with Crippen molar-refractivity contribution < 1.29 is 14.1 Å². The molecule has 7 heteroatoms. The van der Waals surface area contributed by atoms with Crippen molar-refractivity contribution >= 4 is 11.8 Å². The first-order chi connectivity index (χ1) is 10.1. The average molecular weight is 288 g/mol. The lowest BCUT2D eigenvalue weighted by molar-refractivity contribution is -0.122. The van der Waals surface area contributed by atoms with Crippen molar-refractivity contribution in [3.05, 3.63) is 47.6 Å². The number of hydrogen-bond acceptors (Lipinski definition) is 5. The van der Waals surface area contributed by atoms with E-state index >= 15 is 0 Å². The molecule has 0 aliphatic carbocycles. The topological polar surface area (TPSA) is 97.1 Å². The van der Waals surface area contributed by atoms with Gasteiger partial charge < -0.3 is 15.2 Å². The molecule has 0 aliphatic rings. The number of aryl methyl sites for hydroxylation is 1. The molecule has 110 valence electrons. The van der Waals surface area contributed by atoms with Crippen LogP contribution in [0.15, 0.2) is 35.0 Å². The summed E-state index contributed by atoms with van der Waals surface area (Å²) in [5, 5.41) is 8.85. The zero-order valence-corrected chi connectivity index (χ0v) is 11.8. The Morgan fingerprint density at radius 1 is 1.38 bits per heavy atom. The van der Waals surface area contributed by atoms with Crippen LogP contribution in [0.25, 0.3) is 0 Å². The second kappa shape index (κ2) is 6.65. The maximum Gasteiger partial charge on any atom is 0.274 e. The van der Waals surface area contributed by atoms with Gasteiger partial charge >= 0.3 is 0 Å².